The molecular weight excluding hydrogens is 370 g/mol. The number of nitrogens with one attached hydrogen (secondary N) is 2. The first kappa shape index (κ1) is 18.9. The van der Waals surface area contributed by atoms with E-state index in [0.29, 0.717) is 36.7 Å². The van der Waals surface area contributed by atoms with Crippen LogP contribution in [-0.2, 0) is 16.6 Å². The number of piperidine rings is 1. The van der Waals surface area contributed by atoms with E-state index in [1.54, 1.807) is 22.4 Å². The van der Waals surface area contributed by atoms with Crippen molar-refractivity contribution in [3.63, 3.8) is 0 Å². The largest absolute Gasteiger partial charge is 0.334 e. The molecular formula is C18H23N3O3S2. The van der Waals surface area contributed by atoms with Gasteiger partial charge in [0.15, 0.2) is 0 Å². The van der Waals surface area contributed by atoms with Gasteiger partial charge < -0.3 is 10.2 Å². The van der Waals surface area contributed by atoms with E-state index in [1.165, 1.54) is 16.9 Å². The van der Waals surface area contributed by atoms with E-state index in [4.69, 9.17) is 0 Å². The van der Waals surface area contributed by atoms with Crippen molar-refractivity contribution in [3.05, 3.63) is 52.9 Å². The Labute approximate surface area is 158 Å². The molecule has 26 heavy (non-hydrogen) atoms. The second-order valence-corrected chi connectivity index (χ2v) is 9.35. The van der Waals surface area contributed by atoms with Gasteiger partial charge in [0.1, 0.15) is 4.21 Å². The minimum absolute atomic E-state index is 0.106. The Bertz CT molecular complexity index is 825. The predicted molar refractivity (Wildman–Crippen MR) is 103 cm³/mol. The molecule has 1 saturated heterocycles. The zero-order valence-electron chi connectivity index (χ0n) is 14.6. The lowest BCUT2D eigenvalue weighted by Gasteiger charge is -2.32. The second kappa shape index (κ2) is 8.20. The number of amides is 2. The van der Waals surface area contributed by atoms with Gasteiger partial charge in [-0.15, -0.1) is 11.3 Å². The van der Waals surface area contributed by atoms with Crippen LogP contribution in [0.1, 0.15) is 24.0 Å². The van der Waals surface area contributed by atoms with E-state index < -0.39 is 10.0 Å². The maximum atomic E-state index is 12.3. The summed E-state index contributed by atoms with van der Waals surface area (Å²) in [5, 5.41) is 4.67. The molecule has 2 aromatic rings. The van der Waals surface area contributed by atoms with E-state index in [9.17, 15) is 13.2 Å². The Morgan fingerprint density at radius 3 is 2.50 bits per heavy atom. The molecule has 2 heterocycles. The van der Waals surface area contributed by atoms with Crippen LogP contribution in [-0.4, -0.2) is 38.5 Å². The molecule has 1 aromatic carbocycles. The average Bonchev–Trinajstić information content (AvgIpc) is 3.17. The molecule has 0 saturated carbocycles. The smallest absolute Gasteiger partial charge is 0.317 e. The van der Waals surface area contributed by atoms with Crippen LogP contribution >= 0.6 is 11.3 Å². The maximum absolute atomic E-state index is 12.3. The Hall–Kier alpha value is -1.90. The molecule has 2 N–H and O–H groups in total. The normalized spacial score (nSPS) is 15.8. The van der Waals surface area contributed by atoms with Gasteiger partial charge in [0.05, 0.1) is 0 Å². The summed E-state index contributed by atoms with van der Waals surface area (Å²) >= 11 is 1.20. The lowest BCUT2D eigenvalue weighted by molar-refractivity contribution is 0.179. The number of benzene rings is 1. The lowest BCUT2D eigenvalue weighted by Crippen LogP contribution is -2.49. The molecule has 0 unspecified atom stereocenters. The van der Waals surface area contributed by atoms with Crippen molar-refractivity contribution in [2.24, 2.45) is 0 Å². The van der Waals surface area contributed by atoms with Crippen LogP contribution in [0, 0.1) is 6.92 Å². The van der Waals surface area contributed by atoms with Crippen molar-refractivity contribution in [3.8, 4) is 0 Å². The number of hydrogen-bond acceptors (Lipinski definition) is 4. The molecule has 1 fully saturated rings. The minimum atomic E-state index is -3.45. The molecule has 1 aliphatic rings. The molecule has 3 rings (SSSR count). The zero-order valence-corrected chi connectivity index (χ0v) is 16.3. The number of likely N-dealkylation sites (tertiary alicyclic amines) is 1. The van der Waals surface area contributed by atoms with Gasteiger partial charge in [-0.2, -0.15) is 0 Å². The highest BCUT2D eigenvalue weighted by Crippen LogP contribution is 2.18. The molecule has 0 bridgehead atoms. The molecule has 0 aliphatic carbocycles. The summed E-state index contributed by atoms with van der Waals surface area (Å²) < 4.78 is 27.6. The van der Waals surface area contributed by atoms with Crippen molar-refractivity contribution in [1.82, 2.24) is 14.9 Å². The molecule has 0 spiro atoms. The van der Waals surface area contributed by atoms with E-state index in [0.717, 1.165) is 5.56 Å². The zero-order chi connectivity index (χ0) is 18.6. The summed E-state index contributed by atoms with van der Waals surface area (Å²) in [7, 11) is -3.45. The summed E-state index contributed by atoms with van der Waals surface area (Å²) in [6.07, 6.45) is 1.23. The molecule has 8 heteroatoms. The fourth-order valence-corrected chi connectivity index (χ4v) is 5.20. The van der Waals surface area contributed by atoms with Crippen LogP contribution in [0.5, 0.6) is 0 Å². The third-order valence-corrected chi connectivity index (χ3v) is 7.35. The number of aryl methyl sites for hydroxylation is 1. The number of thiophene rings is 1. The molecule has 0 radical (unpaired) electrons. The number of carbonyl (C=O) groups is 1. The van der Waals surface area contributed by atoms with Crippen LogP contribution in [0.3, 0.4) is 0 Å². The number of hydrogen-bond donors (Lipinski definition) is 2. The molecule has 2 amide bonds. The first-order chi connectivity index (χ1) is 12.4. The third-order valence-electron chi connectivity index (χ3n) is 4.43. The summed E-state index contributed by atoms with van der Waals surface area (Å²) in [5.41, 5.74) is 2.25. The van der Waals surface area contributed by atoms with Crippen molar-refractivity contribution < 1.29 is 13.2 Å². The Balaban J connectivity index is 1.45. The lowest BCUT2D eigenvalue weighted by atomic mass is 10.1. The van der Waals surface area contributed by atoms with Crippen LogP contribution in [0.25, 0.3) is 0 Å². The van der Waals surface area contributed by atoms with E-state index in [1.807, 2.05) is 31.2 Å². The highest BCUT2D eigenvalue weighted by molar-refractivity contribution is 7.91. The van der Waals surface area contributed by atoms with Gasteiger partial charge in [0, 0.05) is 25.7 Å². The summed E-state index contributed by atoms with van der Waals surface area (Å²) in [6.45, 7) is 3.60. The Morgan fingerprint density at radius 2 is 1.88 bits per heavy atom. The van der Waals surface area contributed by atoms with E-state index in [-0.39, 0.29) is 12.1 Å². The van der Waals surface area contributed by atoms with Crippen LogP contribution in [0.15, 0.2) is 46.0 Å². The number of sulfonamides is 1. The Morgan fingerprint density at radius 1 is 1.19 bits per heavy atom. The second-order valence-electron chi connectivity index (χ2n) is 6.46. The van der Waals surface area contributed by atoms with Crippen LogP contribution in [0.4, 0.5) is 4.79 Å². The topological polar surface area (TPSA) is 78.5 Å². The maximum Gasteiger partial charge on any atom is 0.317 e. The quantitative estimate of drug-likeness (QED) is 0.820. The van der Waals surface area contributed by atoms with Gasteiger partial charge in [0.2, 0.25) is 10.0 Å². The van der Waals surface area contributed by atoms with Gasteiger partial charge in [-0.05, 0) is 36.8 Å². The van der Waals surface area contributed by atoms with Crippen LogP contribution in [0.2, 0.25) is 0 Å². The van der Waals surface area contributed by atoms with Crippen molar-refractivity contribution in [2.75, 3.05) is 13.1 Å². The van der Waals surface area contributed by atoms with Gasteiger partial charge >= 0.3 is 6.03 Å². The first-order valence-electron chi connectivity index (χ1n) is 8.58. The predicted octanol–water partition coefficient (Wildman–Crippen LogP) is 2.71. The molecule has 1 aliphatic heterocycles. The summed E-state index contributed by atoms with van der Waals surface area (Å²) in [4.78, 5) is 14.0. The van der Waals surface area contributed by atoms with E-state index in [2.05, 4.69) is 10.0 Å². The van der Waals surface area contributed by atoms with Crippen molar-refractivity contribution in [1.29, 1.82) is 0 Å². The first-order valence-corrected chi connectivity index (χ1v) is 10.9. The van der Waals surface area contributed by atoms with Gasteiger partial charge in [-0.25, -0.2) is 17.9 Å². The van der Waals surface area contributed by atoms with Crippen molar-refractivity contribution in [2.45, 2.75) is 36.6 Å². The van der Waals surface area contributed by atoms with Gasteiger partial charge in [-0.3, -0.25) is 0 Å². The fraction of sp³-hybridized carbons (Fsp3) is 0.389. The monoisotopic (exact) mass is 393 g/mol. The summed E-state index contributed by atoms with van der Waals surface area (Å²) in [5.74, 6) is 0. The third kappa shape index (κ3) is 4.84. The highest BCUT2D eigenvalue weighted by Gasteiger charge is 2.27. The highest BCUT2D eigenvalue weighted by atomic mass is 32.2. The van der Waals surface area contributed by atoms with Gasteiger partial charge in [0.25, 0.3) is 0 Å². The number of nitrogens with zero attached hydrogens (tertiary/aromatic N) is 1. The SMILES string of the molecule is Cc1ccc(CNC(=O)N2CCC(NS(=O)(=O)c3cccs3)CC2)cc1. The fourth-order valence-electron chi connectivity index (χ4n) is 2.89. The molecule has 0 atom stereocenters. The molecule has 6 nitrogen and oxygen atoms in total. The van der Waals surface area contributed by atoms with Crippen molar-refractivity contribution >= 4 is 27.4 Å². The molecule has 140 valence electrons. The van der Waals surface area contributed by atoms with Gasteiger partial charge in [-0.1, -0.05) is 35.9 Å². The average molecular weight is 394 g/mol. The number of rotatable bonds is 5. The Kier molecular flexibility index (Phi) is 5.95. The summed E-state index contributed by atoms with van der Waals surface area (Å²) in [6, 6.07) is 11.1. The van der Waals surface area contributed by atoms with Crippen LogP contribution < -0.4 is 10.0 Å². The standard InChI is InChI=1S/C18H23N3O3S2/c1-14-4-6-15(7-5-14)13-19-18(22)21-10-8-16(9-11-21)20-26(23,24)17-3-2-12-25-17/h2-7,12,16,20H,8-11,13H2,1H3,(H,19,22). The minimum Gasteiger partial charge on any atom is -0.334 e. The number of urea groups is 1. The van der Waals surface area contributed by atoms with E-state index >= 15 is 0 Å². The molecule has 1 aromatic heterocycles. The number of carbonyl (C=O) groups excluding carboxylic acids is 1.